The maximum absolute atomic E-state index is 10.5. The van der Waals surface area contributed by atoms with E-state index in [4.69, 9.17) is 11.6 Å². The average molecular weight is 275 g/mol. The number of rotatable bonds is 3. The summed E-state index contributed by atoms with van der Waals surface area (Å²) in [4.78, 5) is 0. The van der Waals surface area contributed by atoms with Crippen molar-refractivity contribution in [1.29, 1.82) is 0 Å². The van der Waals surface area contributed by atoms with Crippen LogP contribution in [0.1, 0.15) is 40.8 Å². The molecule has 0 saturated carbocycles. The van der Waals surface area contributed by atoms with Crippen LogP contribution in [0.25, 0.3) is 0 Å². The van der Waals surface area contributed by atoms with Gasteiger partial charge in [0.15, 0.2) is 0 Å². The fourth-order valence-electron chi connectivity index (χ4n) is 2.21. The molecular weight excluding hydrogens is 256 g/mol. The summed E-state index contributed by atoms with van der Waals surface area (Å²) in [5, 5.41) is 11.3. The first-order chi connectivity index (χ1) is 9.02. The van der Waals surface area contributed by atoms with Gasteiger partial charge in [0.1, 0.15) is 6.10 Å². The number of halogens is 1. The second kappa shape index (κ2) is 5.77. The molecule has 0 fully saturated rings. The molecule has 2 aromatic carbocycles. The maximum atomic E-state index is 10.5. The van der Waals surface area contributed by atoms with E-state index < -0.39 is 6.10 Å². The highest BCUT2D eigenvalue weighted by Crippen LogP contribution is 2.29. The van der Waals surface area contributed by atoms with Crippen LogP contribution in [0.5, 0.6) is 0 Å². The summed E-state index contributed by atoms with van der Waals surface area (Å²) in [5.74, 6) is 0. The van der Waals surface area contributed by atoms with Gasteiger partial charge in [-0.15, -0.1) is 0 Å². The van der Waals surface area contributed by atoms with Crippen molar-refractivity contribution in [2.45, 2.75) is 33.3 Å². The lowest BCUT2D eigenvalue weighted by Gasteiger charge is -2.16. The van der Waals surface area contributed by atoms with Gasteiger partial charge < -0.3 is 5.11 Å². The first kappa shape index (κ1) is 14.1. The third-order valence-electron chi connectivity index (χ3n) is 3.55. The van der Waals surface area contributed by atoms with Gasteiger partial charge >= 0.3 is 0 Å². The van der Waals surface area contributed by atoms with E-state index in [1.165, 1.54) is 5.56 Å². The van der Waals surface area contributed by atoms with Gasteiger partial charge in [-0.1, -0.05) is 48.9 Å². The molecule has 0 saturated heterocycles. The van der Waals surface area contributed by atoms with Gasteiger partial charge in [-0.05, 0) is 54.2 Å². The summed E-state index contributed by atoms with van der Waals surface area (Å²) in [5.41, 5.74) is 5.13. The first-order valence-electron chi connectivity index (χ1n) is 6.56. The quantitative estimate of drug-likeness (QED) is 0.867. The topological polar surface area (TPSA) is 20.2 Å². The second-order valence-corrected chi connectivity index (χ2v) is 5.36. The Labute approximate surface area is 119 Å². The molecule has 2 aromatic rings. The molecule has 2 heteroatoms. The lowest BCUT2D eigenvalue weighted by atomic mass is 9.95. The number of aliphatic hydroxyl groups excluding tert-OH is 1. The summed E-state index contributed by atoms with van der Waals surface area (Å²) in [6.07, 6.45) is 0.414. The molecule has 1 N–H and O–H groups in total. The van der Waals surface area contributed by atoms with Crippen LogP contribution >= 0.6 is 11.6 Å². The third kappa shape index (κ3) is 2.99. The van der Waals surface area contributed by atoms with E-state index >= 15 is 0 Å². The van der Waals surface area contributed by atoms with Crippen LogP contribution in [0.15, 0.2) is 36.4 Å². The molecule has 0 aliphatic rings. The summed E-state index contributed by atoms with van der Waals surface area (Å²) in [6.45, 7) is 6.06. The van der Waals surface area contributed by atoms with E-state index in [1.807, 2.05) is 38.1 Å². The monoisotopic (exact) mass is 274 g/mol. The summed E-state index contributed by atoms with van der Waals surface area (Å²) in [6, 6.07) is 12.0. The standard InChI is InChI=1S/C17H19ClO/c1-4-13-5-7-14(8-6-13)17(19)15-9-12(3)16(18)10-11(15)2/h5-10,17,19H,4H2,1-3H3. The molecule has 0 aliphatic heterocycles. The van der Waals surface area contributed by atoms with Crippen LogP contribution < -0.4 is 0 Å². The zero-order valence-electron chi connectivity index (χ0n) is 11.6. The van der Waals surface area contributed by atoms with Gasteiger partial charge in [-0.2, -0.15) is 0 Å². The zero-order valence-corrected chi connectivity index (χ0v) is 12.3. The minimum atomic E-state index is -0.595. The van der Waals surface area contributed by atoms with Crippen molar-refractivity contribution >= 4 is 11.6 Å². The van der Waals surface area contributed by atoms with Crippen molar-refractivity contribution in [3.8, 4) is 0 Å². The van der Waals surface area contributed by atoms with E-state index in [0.717, 1.165) is 33.7 Å². The third-order valence-corrected chi connectivity index (χ3v) is 3.95. The lowest BCUT2D eigenvalue weighted by Crippen LogP contribution is -2.03. The predicted octanol–water partition coefficient (Wildman–Crippen LogP) is 4.60. The summed E-state index contributed by atoms with van der Waals surface area (Å²) in [7, 11) is 0. The molecule has 0 amide bonds. The second-order valence-electron chi connectivity index (χ2n) is 4.96. The van der Waals surface area contributed by atoms with Crippen molar-refractivity contribution in [2.75, 3.05) is 0 Å². The zero-order chi connectivity index (χ0) is 14.0. The van der Waals surface area contributed by atoms with Crippen molar-refractivity contribution < 1.29 is 5.11 Å². The van der Waals surface area contributed by atoms with Crippen molar-refractivity contribution in [3.63, 3.8) is 0 Å². The molecule has 1 nitrogen and oxygen atoms in total. The number of hydrogen-bond acceptors (Lipinski definition) is 1. The molecule has 1 unspecified atom stereocenters. The van der Waals surface area contributed by atoms with E-state index in [0.29, 0.717) is 0 Å². The van der Waals surface area contributed by atoms with Gasteiger partial charge in [0.25, 0.3) is 0 Å². The van der Waals surface area contributed by atoms with E-state index in [-0.39, 0.29) is 0 Å². The average Bonchev–Trinajstić information content (AvgIpc) is 2.42. The molecule has 0 radical (unpaired) electrons. The Bertz CT molecular complexity index is 573. The van der Waals surface area contributed by atoms with Crippen molar-refractivity contribution in [3.05, 3.63) is 69.2 Å². The summed E-state index contributed by atoms with van der Waals surface area (Å²) >= 11 is 6.09. The molecule has 1 atom stereocenters. The van der Waals surface area contributed by atoms with E-state index in [9.17, 15) is 5.11 Å². The molecule has 2 rings (SSSR count). The normalized spacial score (nSPS) is 12.5. The Balaban J connectivity index is 2.37. The van der Waals surface area contributed by atoms with Crippen molar-refractivity contribution in [2.24, 2.45) is 0 Å². The molecular formula is C17H19ClO. The van der Waals surface area contributed by atoms with Crippen LogP contribution in [-0.4, -0.2) is 5.11 Å². The molecule has 100 valence electrons. The Hall–Kier alpha value is -1.31. The molecule has 0 aromatic heterocycles. The van der Waals surface area contributed by atoms with Crippen LogP contribution in [-0.2, 0) is 6.42 Å². The number of hydrogen-bond donors (Lipinski definition) is 1. The van der Waals surface area contributed by atoms with Crippen LogP contribution in [0.2, 0.25) is 5.02 Å². The predicted molar refractivity (Wildman–Crippen MR) is 80.8 cm³/mol. The van der Waals surface area contributed by atoms with Crippen molar-refractivity contribution in [1.82, 2.24) is 0 Å². The van der Waals surface area contributed by atoms with Crippen LogP contribution in [0, 0.1) is 13.8 Å². The molecule has 0 bridgehead atoms. The fraction of sp³-hybridized carbons (Fsp3) is 0.294. The number of aryl methyl sites for hydroxylation is 3. The maximum Gasteiger partial charge on any atom is 0.104 e. The van der Waals surface area contributed by atoms with Gasteiger partial charge in [0.2, 0.25) is 0 Å². The largest absolute Gasteiger partial charge is 0.384 e. The van der Waals surface area contributed by atoms with Crippen LogP contribution in [0.3, 0.4) is 0 Å². The number of aliphatic hydroxyl groups is 1. The highest BCUT2D eigenvalue weighted by molar-refractivity contribution is 6.31. The van der Waals surface area contributed by atoms with E-state index in [2.05, 4.69) is 19.1 Å². The lowest BCUT2D eigenvalue weighted by molar-refractivity contribution is 0.219. The highest BCUT2D eigenvalue weighted by atomic mass is 35.5. The summed E-state index contributed by atoms with van der Waals surface area (Å²) < 4.78 is 0. The smallest absolute Gasteiger partial charge is 0.104 e. The Morgan fingerprint density at radius 1 is 1.05 bits per heavy atom. The Morgan fingerprint density at radius 2 is 1.68 bits per heavy atom. The number of benzene rings is 2. The van der Waals surface area contributed by atoms with Crippen LogP contribution in [0.4, 0.5) is 0 Å². The van der Waals surface area contributed by atoms with Gasteiger partial charge in [0.05, 0.1) is 0 Å². The fourth-order valence-corrected chi connectivity index (χ4v) is 2.43. The molecule has 0 spiro atoms. The van der Waals surface area contributed by atoms with Gasteiger partial charge in [-0.25, -0.2) is 0 Å². The molecule has 0 aliphatic carbocycles. The molecule has 19 heavy (non-hydrogen) atoms. The minimum absolute atomic E-state index is 0.595. The van der Waals surface area contributed by atoms with Gasteiger partial charge in [-0.3, -0.25) is 0 Å². The SMILES string of the molecule is CCc1ccc(C(O)c2cc(C)c(Cl)cc2C)cc1. The van der Waals surface area contributed by atoms with Gasteiger partial charge in [0, 0.05) is 5.02 Å². The highest BCUT2D eigenvalue weighted by Gasteiger charge is 2.14. The minimum Gasteiger partial charge on any atom is -0.384 e. The Kier molecular flexibility index (Phi) is 4.28. The van der Waals surface area contributed by atoms with E-state index in [1.54, 1.807) is 0 Å². The molecule has 0 heterocycles. The Morgan fingerprint density at radius 3 is 2.26 bits per heavy atom. The first-order valence-corrected chi connectivity index (χ1v) is 6.94.